The van der Waals surface area contributed by atoms with E-state index in [0.29, 0.717) is 16.8 Å². The minimum absolute atomic E-state index is 0.0500. The molecule has 1 N–H and O–H groups in total. The van der Waals surface area contributed by atoms with Crippen molar-refractivity contribution >= 4 is 17.5 Å². The molecule has 1 aromatic carbocycles. The molecule has 0 bridgehead atoms. The fourth-order valence-corrected chi connectivity index (χ4v) is 4.05. The molecule has 2 aliphatic rings. The molecule has 0 radical (unpaired) electrons. The number of nitrogens with zero attached hydrogens (tertiary/aromatic N) is 1. The maximum atomic E-state index is 12.6. The van der Waals surface area contributed by atoms with Crippen LogP contribution in [0.1, 0.15) is 45.4 Å². The first-order valence-electron chi connectivity index (χ1n) is 9.11. The Morgan fingerprint density at radius 1 is 1.21 bits per heavy atom. The molecule has 5 heteroatoms. The van der Waals surface area contributed by atoms with Crippen LogP contribution in [0.4, 0.5) is 0 Å². The summed E-state index contributed by atoms with van der Waals surface area (Å²) in [6.45, 7) is 4.12. The van der Waals surface area contributed by atoms with E-state index in [1.807, 2.05) is 12.1 Å². The Morgan fingerprint density at radius 3 is 2.67 bits per heavy atom. The summed E-state index contributed by atoms with van der Waals surface area (Å²) in [5, 5.41) is 3.77. The highest BCUT2D eigenvalue weighted by molar-refractivity contribution is 6.32. The van der Waals surface area contributed by atoms with Gasteiger partial charge in [-0.1, -0.05) is 36.6 Å². The normalized spacial score (nSPS) is 26.1. The van der Waals surface area contributed by atoms with E-state index in [1.54, 1.807) is 19.1 Å². The second kappa shape index (κ2) is 8.21. The van der Waals surface area contributed by atoms with Crippen molar-refractivity contribution in [1.29, 1.82) is 0 Å². The smallest absolute Gasteiger partial charge is 0.261 e. The fraction of sp³-hybridized carbons (Fsp3) is 0.632. The molecule has 4 nitrogen and oxygen atoms in total. The van der Waals surface area contributed by atoms with Crippen molar-refractivity contribution in [3.8, 4) is 5.75 Å². The van der Waals surface area contributed by atoms with E-state index in [0.717, 1.165) is 6.42 Å². The Bertz CT molecular complexity index is 560. The Balaban J connectivity index is 1.58. The topological polar surface area (TPSA) is 41.6 Å². The summed E-state index contributed by atoms with van der Waals surface area (Å²) < 4.78 is 5.75. The third-order valence-electron chi connectivity index (χ3n) is 5.18. The molecule has 24 heavy (non-hydrogen) atoms. The number of para-hydroxylation sites is 1. The Kier molecular flexibility index (Phi) is 6.01. The highest BCUT2D eigenvalue weighted by Gasteiger charge is 2.33. The van der Waals surface area contributed by atoms with Gasteiger partial charge in [0.2, 0.25) is 0 Å². The third kappa shape index (κ3) is 4.22. The predicted molar refractivity (Wildman–Crippen MR) is 96.5 cm³/mol. The van der Waals surface area contributed by atoms with E-state index < -0.39 is 6.10 Å². The lowest BCUT2D eigenvalue weighted by Gasteiger charge is -2.38. The lowest BCUT2D eigenvalue weighted by molar-refractivity contribution is -0.128. The standard InChI is InChI=1S/C19H27ClN2O2/c1-14(24-18-11-5-2-8-15(18)20)19(23)21-16-9-3-4-10-17(16)22-12-6-7-13-22/h2,5,8,11,14,16-17H,3-4,6-7,9-10,12-13H2,1H3,(H,21,23). The molecule has 132 valence electrons. The zero-order chi connectivity index (χ0) is 16.9. The van der Waals surface area contributed by atoms with Gasteiger partial charge in [-0.05, 0) is 57.8 Å². The number of ether oxygens (including phenoxy) is 1. The van der Waals surface area contributed by atoms with Crippen LogP contribution in [0.3, 0.4) is 0 Å². The van der Waals surface area contributed by atoms with Crippen molar-refractivity contribution in [3.63, 3.8) is 0 Å². The van der Waals surface area contributed by atoms with Crippen molar-refractivity contribution in [3.05, 3.63) is 29.3 Å². The van der Waals surface area contributed by atoms with E-state index in [1.165, 1.54) is 45.2 Å². The molecule has 1 aromatic rings. The number of hydrogen-bond acceptors (Lipinski definition) is 3. The summed E-state index contributed by atoms with van der Waals surface area (Å²) >= 11 is 6.11. The van der Waals surface area contributed by atoms with Crippen molar-refractivity contribution in [2.24, 2.45) is 0 Å². The van der Waals surface area contributed by atoms with Gasteiger partial charge < -0.3 is 10.1 Å². The van der Waals surface area contributed by atoms with E-state index >= 15 is 0 Å². The number of nitrogens with one attached hydrogen (secondary N) is 1. The molecule has 0 spiro atoms. The number of benzene rings is 1. The molecule has 0 aromatic heterocycles. The van der Waals surface area contributed by atoms with Crippen molar-refractivity contribution in [2.45, 2.75) is 63.6 Å². The highest BCUT2D eigenvalue weighted by Crippen LogP contribution is 2.27. The van der Waals surface area contributed by atoms with Gasteiger partial charge in [0.25, 0.3) is 5.91 Å². The zero-order valence-corrected chi connectivity index (χ0v) is 15.1. The molecule has 3 unspecified atom stereocenters. The molecule has 1 saturated carbocycles. The van der Waals surface area contributed by atoms with E-state index in [-0.39, 0.29) is 11.9 Å². The molecular weight excluding hydrogens is 324 g/mol. The number of carbonyl (C=O) groups is 1. The van der Waals surface area contributed by atoms with Crippen molar-refractivity contribution in [1.82, 2.24) is 10.2 Å². The molecule has 3 atom stereocenters. The summed E-state index contributed by atoms with van der Waals surface area (Å²) in [6.07, 6.45) is 6.71. The lowest BCUT2D eigenvalue weighted by Crippen LogP contribution is -2.54. The first kappa shape index (κ1) is 17.6. The molecular formula is C19H27ClN2O2. The van der Waals surface area contributed by atoms with Crippen LogP contribution in [0.15, 0.2) is 24.3 Å². The van der Waals surface area contributed by atoms with Gasteiger partial charge in [0.1, 0.15) is 5.75 Å². The monoisotopic (exact) mass is 350 g/mol. The van der Waals surface area contributed by atoms with Crippen LogP contribution in [0.25, 0.3) is 0 Å². The molecule has 1 saturated heterocycles. The highest BCUT2D eigenvalue weighted by atomic mass is 35.5. The van der Waals surface area contributed by atoms with Crippen molar-refractivity contribution < 1.29 is 9.53 Å². The summed E-state index contributed by atoms with van der Waals surface area (Å²) in [7, 11) is 0. The predicted octanol–water partition coefficient (Wildman–Crippen LogP) is 3.63. The molecule has 1 aliphatic heterocycles. The Morgan fingerprint density at radius 2 is 1.92 bits per heavy atom. The second-order valence-corrected chi connectivity index (χ2v) is 7.31. The lowest BCUT2D eigenvalue weighted by atomic mass is 9.89. The minimum atomic E-state index is -0.550. The van der Waals surface area contributed by atoms with Crippen LogP contribution in [0.5, 0.6) is 5.75 Å². The van der Waals surface area contributed by atoms with Gasteiger partial charge in [-0.15, -0.1) is 0 Å². The largest absolute Gasteiger partial charge is 0.479 e. The fourth-order valence-electron chi connectivity index (χ4n) is 3.87. The van der Waals surface area contributed by atoms with E-state index in [2.05, 4.69) is 10.2 Å². The van der Waals surface area contributed by atoms with Gasteiger partial charge in [0.15, 0.2) is 6.10 Å². The van der Waals surface area contributed by atoms with Gasteiger partial charge in [-0.2, -0.15) is 0 Å². The van der Waals surface area contributed by atoms with Gasteiger partial charge in [0, 0.05) is 12.1 Å². The third-order valence-corrected chi connectivity index (χ3v) is 5.49. The number of rotatable bonds is 5. The summed E-state index contributed by atoms with van der Waals surface area (Å²) in [6, 6.07) is 7.99. The van der Waals surface area contributed by atoms with Gasteiger partial charge in [-0.25, -0.2) is 0 Å². The number of likely N-dealkylation sites (tertiary alicyclic amines) is 1. The van der Waals surface area contributed by atoms with Crippen molar-refractivity contribution in [2.75, 3.05) is 13.1 Å². The molecule has 1 heterocycles. The van der Waals surface area contributed by atoms with Gasteiger partial charge >= 0.3 is 0 Å². The summed E-state index contributed by atoms with van der Waals surface area (Å²) in [4.78, 5) is 15.1. The molecule has 1 amide bonds. The first-order chi connectivity index (χ1) is 11.6. The van der Waals surface area contributed by atoms with Crippen LogP contribution in [0, 0.1) is 0 Å². The SMILES string of the molecule is CC(Oc1ccccc1Cl)C(=O)NC1CCCCC1N1CCCC1. The first-order valence-corrected chi connectivity index (χ1v) is 9.48. The number of amides is 1. The van der Waals surface area contributed by atoms with Gasteiger partial charge in [-0.3, -0.25) is 9.69 Å². The van der Waals surface area contributed by atoms with Crippen LogP contribution < -0.4 is 10.1 Å². The molecule has 2 fully saturated rings. The van der Waals surface area contributed by atoms with Gasteiger partial charge in [0.05, 0.1) is 5.02 Å². The maximum absolute atomic E-state index is 12.6. The summed E-state index contributed by atoms with van der Waals surface area (Å²) in [5.74, 6) is 0.507. The Hall–Kier alpha value is -1.26. The van der Waals surface area contributed by atoms with Crippen LogP contribution in [0.2, 0.25) is 5.02 Å². The van der Waals surface area contributed by atoms with Crippen LogP contribution >= 0.6 is 11.6 Å². The average molecular weight is 351 g/mol. The Labute approximate surface area is 149 Å². The summed E-state index contributed by atoms with van der Waals surface area (Å²) in [5.41, 5.74) is 0. The number of hydrogen-bond donors (Lipinski definition) is 1. The average Bonchev–Trinajstić information content (AvgIpc) is 3.11. The molecule has 3 rings (SSSR count). The number of halogens is 1. The van der Waals surface area contributed by atoms with Crippen LogP contribution in [-0.4, -0.2) is 42.1 Å². The zero-order valence-electron chi connectivity index (χ0n) is 14.3. The molecule has 1 aliphatic carbocycles. The van der Waals surface area contributed by atoms with E-state index in [9.17, 15) is 4.79 Å². The minimum Gasteiger partial charge on any atom is -0.479 e. The quantitative estimate of drug-likeness (QED) is 0.881. The maximum Gasteiger partial charge on any atom is 0.261 e. The number of carbonyl (C=O) groups excluding carboxylic acids is 1. The second-order valence-electron chi connectivity index (χ2n) is 6.90. The van der Waals surface area contributed by atoms with E-state index in [4.69, 9.17) is 16.3 Å². The van der Waals surface area contributed by atoms with Crippen LogP contribution in [-0.2, 0) is 4.79 Å².